The molecule has 7 heteroatoms. The first-order chi connectivity index (χ1) is 16.5. The quantitative estimate of drug-likeness (QED) is 0.576. The summed E-state index contributed by atoms with van der Waals surface area (Å²) in [6.45, 7) is 0.588. The lowest BCUT2D eigenvalue weighted by Gasteiger charge is -2.34. The van der Waals surface area contributed by atoms with Crippen LogP contribution in [-0.4, -0.2) is 41.8 Å². The number of alkyl carbamates (subject to hydrolysis) is 1. The minimum absolute atomic E-state index is 0.000280. The van der Waals surface area contributed by atoms with Gasteiger partial charge in [0.2, 0.25) is 5.91 Å². The molecule has 3 aliphatic rings. The molecule has 0 aliphatic heterocycles. The van der Waals surface area contributed by atoms with Crippen molar-refractivity contribution in [2.75, 3.05) is 13.2 Å². The van der Waals surface area contributed by atoms with Crippen LogP contribution in [0.2, 0.25) is 0 Å². The summed E-state index contributed by atoms with van der Waals surface area (Å²) in [5.41, 5.74) is 3.53. The van der Waals surface area contributed by atoms with Crippen LogP contribution in [0.5, 0.6) is 0 Å². The predicted octanol–water partition coefficient (Wildman–Crippen LogP) is 4.06. The Hall–Kier alpha value is -3.35. The van der Waals surface area contributed by atoms with Crippen LogP contribution >= 0.6 is 0 Å². The van der Waals surface area contributed by atoms with Gasteiger partial charge in [-0.3, -0.25) is 4.79 Å². The highest BCUT2D eigenvalue weighted by Gasteiger charge is 2.48. The Morgan fingerprint density at radius 2 is 1.56 bits per heavy atom. The van der Waals surface area contributed by atoms with Crippen LogP contribution in [0.4, 0.5) is 4.79 Å². The van der Waals surface area contributed by atoms with E-state index in [0.29, 0.717) is 25.8 Å². The van der Waals surface area contributed by atoms with Gasteiger partial charge in [0.15, 0.2) is 0 Å². The van der Waals surface area contributed by atoms with Crippen LogP contribution in [0.3, 0.4) is 0 Å². The van der Waals surface area contributed by atoms with Crippen molar-refractivity contribution in [1.82, 2.24) is 10.6 Å². The number of nitrogens with one attached hydrogen (secondary N) is 2. The summed E-state index contributed by atoms with van der Waals surface area (Å²) >= 11 is 0. The Balaban J connectivity index is 1.11. The lowest BCUT2D eigenvalue weighted by molar-refractivity contribution is -0.149. The monoisotopic (exact) mass is 462 g/mol. The second-order valence-electron chi connectivity index (χ2n) is 9.75. The summed E-state index contributed by atoms with van der Waals surface area (Å²) in [7, 11) is 0. The number of hydrogen-bond donors (Lipinski definition) is 3. The molecule has 0 unspecified atom stereocenters. The van der Waals surface area contributed by atoms with Gasteiger partial charge in [-0.05, 0) is 47.4 Å². The third-order valence-electron chi connectivity index (χ3n) is 7.59. The normalized spacial score (nSPS) is 22.2. The van der Waals surface area contributed by atoms with E-state index in [-0.39, 0.29) is 30.3 Å². The topological polar surface area (TPSA) is 105 Å². The van der Waals surface area contributed by atoms with Crippen molar-refractivity contribution in [3.63, 3.8) is 0 Å². The average Bonchev–Trinajstić information content (AvgIpc) is 3.57. The highest BCUT2D eigenvalue weighted by atomic mass is 16.5. The van der Waals surface area contributed by atoms with Crippen molar-refractivity contribution in [3.05, 3.63) is 59.7 Å². The smallest absolute Gasteiger partial charge is 0.407 e. The number of amides is 2. The molecular weight excluding hydrogens is 432 g/mol. The molecule has 3 aliphatic carbocycles. The van der Waals surface area contributed by atoms with Crippen molar-refractivity contribution >= 4 is 18.0 Å². The van der Waals surface area contributed by atoms with Gasteiger partial charge in [0.25, 0.3) is 0 Å². The second-order valence-corrected chi connectivity index (χ2v) is 9.75. The third-order valence-corrected chi connectivity index (χ3v) is 7.59. The molecule has 0 saturated heterocycles. The highest BCUT2D eigenvalue weighted by Crippen LogP contribution is 2.44. The molecule has 2 saturated carbocycles. The number of carbonyl (C=O) groups is 3. The molecule has 2 atom stereocenters. The number of rotatable bonds is 7. The average molecular weight is 463 g/mol. The van der Waals surface area contributed by atoms with Gasteiger partial charge in [-0.25, -0.2) is 9.59 Å². The SMILES string of the molecule is O=C(NC[C@@H]1C[C@@H]1C(=O)NC1(C(=O)O)CCCCC1)OCC1c2ccccc2-c2ccccc21. The molecule has 178 valence electrons. The zero-order valence-electron chi connectivity index (χ0n) is 19.1. The van der Waals surface area contributed by atoms with Crippen LogP contribution < -0.4 is 10.6 Å². The summed E-state index contributed by atoms with van der Waals surface area (Å²) in [5.74, 6) is -1.42. The van der Waals surface area contributed by atoms with Crippen molar-refractivity contribution in [2.24, 2.45) is 11.8 Å². The maximum atomic E-state index is 12.7. The van der Waals surface area contributed by atoms with Crippen molar-refractivity contribution in [3.8, 4) is 11.1 Å². The fourth-order valence-corrected chi connectivity index (χ4v) is 5.53. The first-order valence-corrected chi connectivity index (χ1v) is 12.1. The number of ether oxygens (including phenoxy) is 1. The molecule has 0 bridgehead atoms. The number of carboxylic acids is 1. The molecule has 3 N–H and O–H groups in total. The van der Waals surface area contributed by atoms with Crippen LogP contribution in [0.15, 0.2) is 48.5 Å². The van der Waals surface area contributed by atoms with E-state index in [2.05, 4.69) is 34.9 Å². The lowest BCUT2D eigenvalue weighted by Crippen LogP contribution is -2.56. The maximum Gasteiger partial charge on any atom is 0.407 e. The van der Waals surface area contributed by atoms with E-state index < -0.39 is 17.6 Å². The Bertz CT molecular complexity index is 1060. The van der Waals surface area contributed by atoms with Crippen molar-refractivity contribution in [2.45, 2.75) is 50.0 Å². The number of aliphatic carboxylic acids is 1. The Morgan fingerprint density at radius 3 is 2.18 bits per heavy atom. The Labute approximate surface area is 198 Å². The molecule has 0 radical (unpaired) electrons. The number of carbonyl (C=O) groups excluding carboxylic acids is 2. The number of hydrogen-bond acceptors (Lipinski definition) is 4. The van der Waals surface area contributed by atoms with Gasteiger partial charge in [0.1, 0.15) is 12.1 Å². The van der Waals surface area contributed by atoms with Gasteiger partial charge in [0.05, 0.1) is 0 Å². The third kappa shape index (κ3) is 4.27. The maximum absolute atomic E-state index is 12.7. The molecular formula is C27H30N2O5. The van der Waals surface area contributed by atoms with Crippen molar-refractivity contribution < 1.29 is 24.2 Å². The van der Waals surface area contributed by atoms with E-state index in [1.165, 1.54) is 11.1 Å². The summed E-state index contributed by atoms with van der Waals surface area (Å²) in [6.07, 6.45) is 3.72. The summed E-state index contributed by atoms with van der Waals surface area (Å²) in [6, 6.07) is 16.4. The fraction of sp³-hybridized carbons (Fsp3) is 0.444. The van der Waals surface area contributed by atoms with Gasteiger partial charge in [-0.1, -0.05) is 67.8 Å². The van der Waals surface area contributed by atoms with E-state index >= 15 is 0 Å². The van der Waals surface area contributed by atoms with Gasteiger partial charge >= 0.3 is 12.1 Å². The Morgan fingerprint density at radius 1 is 0.941 bits per heavy atom. The molecule has 2 fully saturated rings. The fourth-order valence-electron chi connectivity index (χ4n) is 5.53. The van der Waals surface area contributed by atoms with Crippen LogP contribution in [0.25, 0.3) is 11.1 Å². The zero-order valence-corrected chi connectivity index (χ0v) is 19.1. The van der Waals surface area contributed by atoms with Crippen LogP contribution in [0, 0.1) is 11.8 Å². The second kappa shape index (κ2) is 9.12. The van der Waals surface area contributed by atoms with Gasteiger partial charge in [-0.2, -0.15) is 0 Å². The molecule has 2 aromatic carbocycles. The number of fused-ring (bicyclic) bond motifs is 3. The summed E-state index contributed by atoms with van der Waals surface area (Å²) in [5, 5.41) is 15.3. The first kappa shape index (κ1) is 22.4. The van der Waals surface area contributed by atoms with E-state index in [1.807, 2.05) is 24.3 Å². The standard InChI is InChI=1S/C27H30N2O5/c30-24(29-27(25(31)32)12-6-1-7-13-27)22-14-17(22)15-28-26(33)34-16-23-20-10-4-2-8-18(20)19-9-3-5-11-21(19)23/h2-5,8-11,17,22-23H,1,6-7,12-16H2,(H,28,33)(H,29,30)(H,31,32)/t17-,22-/m0/s1. The zero-order chi connectivity index (χ0) is 23.7. The molecule has 2 amide bonds. The molecule has 34 heavy (non-hydrogen) atoms. The van der Waals surface area contributed by atoms with Crippen LogP contribution in [0.1, 0.15) is 55.6 Å². The lowest BCUT2D eigenvalue weighted by atomic mass is 9.81. The van der Waals surface area contributed by atoms with E-state index in [1.54, 1.807) is 0 Å². The van der Waals surface area contributed by atoms with Gasteiger partial charge in [0, 0.05) is 18.4 Å². The molecule has 0 spiro atoms. The Kier molecular flexibility index (Phi) is 6.02. The number of benzene rings is 2. The first-order valence-electron chi connectivity index (χ1n) is 12.1. The molecule has 0 aromatic heterocycles. The molecule has 2 aromatic rings. The van der Waals surface area contributed by atoms with Gasteiger partial charge < -0.3 is 20.5 Å². The minimum Gasteiger partial charge on any atom is -0.480 e. The van der Waals surface area contributed by atoms with Gasteiger partial charge in [-0.15, -0.1) is 0 Å². The number of carboxylic acid groups (broad SMARTS) is 1. The molecule has 5 rings (SSSR count). The van der Waals surface area contributed by atoms with Crippen molar-refractivity contribution in [1.29, 1.82) is 0 Å². The largest absolute Gasteiger partial charge is 0.480 e. The predicted molar refractivity (Wildman–Crippen MR) is 126 cm³/mol. The van der Waals surface area contributed by atoms with E-state index in [9.17, 15) is 19.5 Å². The van der Waals surface area contributed by atoms with E-state index in [0.717, 1.165) is 30.4 Å². The molecule has 7 nitrogen and oxygen atoms in total. The summed E-state index contributed by atoms with van der Waals surface area (Å²) < 4.78 is 5.55. The highest BCUT2D eigenvalue weighted by molar-refractivity contribution is 5.89. The summed E-state index contributed by atoms with van der Waals surface area (Å²) in [4.78, 5) is 36.8. The molecule has 0 heterocycles. The minimum atomic E-state index is -1.14. The van der Waals surface area contributed by atoms with E-state index in [4.69, 9.17) is 4.74 Å². The van der Waals surface area contributed by atoms with Crippen LogP contribution in [-0.2, 0) is 14.3 Å².